The maximum absolute atomic E-state index is 11.6. The molecule has 0 radical (unpaired) electrons. The van der Waals surface area contributed by atoms with Gasteiger partial charge in [-0.25, -0.2) is 0 Å². The first-order chi connectivity index (χ1) is 8.02. The van der Waals surface area contributed by atoms with Gasteiger partial charge >= 0.3 is 0 Å². The summed E-state index contributed by atoms with van der Waals surface area (Å²) in [4.78, 5) is 20.0. The van der Waals surface area contributed by atoms with Crippen LogP contribution in [0.2, 0.25) is 0 Å². The van der Waals surface area contributed by atoms with Gasteiger partial charge in [0.05, 0.1) is 0 Å². The number of carbonyl (C=O) groups is 2. The Morgan fingerprint density at radius 2 is 1.71 bits per heavy atom. The summed E-state index contributed by atoms with van der Waals surface area (Å²) < 4.78 is 0. The minimum absolute atomic E-state index is 0.00630. The second-order valence-electron chi connectivity index (χ2n) is 3.98. The Morgan fingerprint density at radius 3 is 2.12 bits per heavy atom. The van der Waals surface area contributed by atoms with E-state index in [4.69, 9.17) is 9.90 Å². The summed E-state index contributed by atoms with van der Waals surface area (Å²) in [6.45, 7) is 5.96. The molecular weight excluding hydrogens is 218 g/mol. The summed E-state index contributed by atoms with van der Waals surface area (Å²) in [7, 11) is 0. The van der Waals surface area contributed by atoms with Crippen LogP contribution in [-0.4, -0.2) is 23.5 Å². The summed E-state index contributed by atoms with van der Waals surface area (Å²) in [5, 5.41) is 9.85. The van der Waals surface area contributed by atoms with Gasteiger partial charge in [-0.15, -0.1) is 0 Å². The van der Waals surface area contributed by atoms with Gasteiger partial charge in [-0.05, 0) is 25.0 Å². The van der Waals surface area contributed by atoms with Crippen molar-refractivity contribution in [3.05, 3.63) is 35.9 Å². The zero-order chi connectivity index (χ0) is 13.3. The van der Waals surface area contributed by atoms with Crippen LogP contribution in [0.3, 0.4) is 0 Å². The Kier molecular flexibility index (Phi) is 7.43. The number of carboxylic acid groups (broad SMARTS) is 1. The molecule has 17 heavy (non-hydrogen) atoms. The minimum atomic E-state index is -0.250. The lowest BCUT2D eigenvalue weighted by atomic mass is 10.1. The van der Waals surface area contributed by atoms with Crippen LogP contribution in [0.25, 0.3) is 0 Å². The highest BCUT2D eigenvalue weighted by atomic mass is 16.3. The van der Waals surface area contributed by atoms with Crippen molar-refractivity contribution in [2.24, 2.45) is 5.92 Å². The summed E-state index contributed by atoms with van der Waals surface area (Å²) in [6.07, 6.45) is 0. The van der Waals surface area contributed by atoms with Crippen LogP contribution in [0.4, 0.5) is 0 Å². The molecule has 4 heteroatoms. The molecule has 0 aliphatic heterocycles. The standard InChI is InChI=1S/C12H17NO.CH2O2/c1-9(2)10(3)13-12(14)11-7-5-4-6-8-11;2-1-3/h4-10H,1-3H3,(H,13,14);1H,(H,2,3). The fourth-order valence-electron chi connectivity index (χ4n) is 1.05. The Hall–Kier alpha value is -1.84. The number of nitrogens with one attached hydrogen (secondary N) is 1. The highest BCUT2D eigenvalue weighted by Gasteiger charge is 2.11. The van der Waals surface area contributed by atoms with E-state index < -0.39 is 0 Å². The number of hydrogen-bond donors (Lipinski definition) is 2. The quantitative estimate of drug-likeness (QED) is 0.792. The first-order valence-electron chi connectivity index (χ1n) is 5.46. The molecule has 0 aliphatic carbocycles. The highest BCUT2D eigenvalue weighted by molar-refractivity contribution is 5.94. The van der Waals surface area contributed by atoms with E-state index in [0.29, 0.717) is 5.92 Å². The Balaban J connectivity index is 0.000000770. The van der Waals surface area contributed by atoms with Gasteiger partial charge < -0.3 is 10.4 Å². The van der Waals surface area contributed by atoms with Crippen LogP contribution in [0.5, 0.6) is 0 Å². The van der Waals surface area contributed by atoms with Gasteiger partial charge in [0.1, 0.15) is 0 Å². The van der Waals surface area contributed by atoms with E-state index >= 15 is 0 Å². The molecule has 0 spiro atoms. The molecule has 1 atom stereocenters. The molecule has 1 aromatic carbocycles. The van der Waals surface area contributed by atoms with E-state index in [1.807, 2.05) is 37.3 Å². The van der Waals surface area contributed by atoms with E-state index in [2.05, 4.69) is 19.2 Å². The number of amides is 1. The first kappa shape index (κ1) is 15.2. The Labute approximate surface area is 102 Å². The van der Waals surface area contributed by atoms with Gasteiger partial charge in [0.2, 0.25) is 0 Å². The molecule has 1 unspecified atom stereocenters. The lowest BCUT2D eigenvalue weighted by molar-refractivity contribution is -0.122. The predicted octanol–water partition coefficient (Wildman–Crippen LogP) is 2.16. The van der Waals surface area contributed by atoms with Crippen molar-refractivity contribution >= 4 is 12.4 Å². The summed E-state index contributed by atoms with van der Waals surface area (Å²) in [5.41, 5.74) is 0.722. The van der Waals surface area contributed by atoms with Crippen LogP contribution in [-0.2, 0) is 4.79 Å². The molecule has 1 rings (SSSR count). The largest absolute Gasteiger partial charge is 0.483 e. The maximum atomic E-state index is 11.6. The normalized spacial score (nSPS) is 11.1. The van der Waals surface area contributed by atoms with Crippen LogP contribution in [0, 0.1) is 5.92 Å². The summed E-state index contributed by atoms with van der Waals surface area (Å²) in [6, 6.07) is 9.50. The lowest BCUT2D eigenvalue weighted by Crippen LogP contribution is -2.36. The van der Waals surface area contributed by atoms with E-state index in [-0.39, 0.29) is 18.4 Å². The molecule has 0 heterocycles. The molecule has 1 aromatic rings. The van der Waals surface area contributed by atoms with Crippen molar-refractivity contribution in [1.29, 1.82) is 0 Å². The van der Waals surface area contributed by atoms with E-state index in [9.17, 15) is 4.79 Å². The van der Waals surface area contributed by atoms with Crippen LogP contribution < -0.4 is 5.32 Å². The minimum Gasteiger partial charge on any atom is -0.483 e. The fraction of sp³-hybridized carbons (Fsp3) is 0.385. The number of benzene rings is 1. The highest BCUT2D eigenvalue weighted by Crippen LogP contribution is 2.03. The molecular formula is C13H19NO3. The van der Waals surface area contributed by atoms with Gasteiger partial charge in [-0.3, -0.25) is 9.59 Å². The van der Waals surface area contributed by atoms with Crippen molar-refractivity contribution in [1.82, 2.24) is 5.32 Å². The third kappa shape index (κ3) is 6.35. The average Bonchev–Trinajstić information content (AvgIpc) is 2.31. The molecule has 2 N–H and O–H groups in total. The van der Waals surface area contributed by atoms with Crippen molar-refractivity contribution in [3.63, 3.8) is 0 Å². The van der Waals surface area contributed by atoms with Gasteiger partial charge in [0.25, 0.3) is 12.4 Å². The molecule has 94 valence electrons. The SMILES string of the molecule is CC(C)C(C)NC(=O)c1ccccc1.O=CO. The smallest absolute Gasteiger partial charge is 0.290 e. The molecule has 0 aromatic heterocycles. The molecule has 0 fully saturated rings. The summed E-state index contributed by atoms with van der Waals surface area (Å²) >= 11 is 0. The molecule has 4 nitrogen and oxygen atoms in total. The lowest BCUT2D eigenvalue weighted by Gasteiger charge is -2.17. The van der Waals surface area contributed by atoms with Crippen LogP contribution in [0.15, 0.2) is 30.3 Å². The maximum Gasteiger partial charge on any atom is 0.290 e. The number of hydrogen-bond acceptors (Lipinski definition) is 2. The zero-order valence-corrected chi connectivity index (χ0v) is 10.4. The molecule has 1 amide bonds. The van der Waals surface area contributed by atoms with E-state index in [1.54, 1.807) is 0 Å². The third-order valence-corrected chi connectivity index (χ3v) is 2.39. The van der Waals surface area contributed by atoms with Gasteiger partial charge in [-0.2, -0.15) is 0 Å². The molecule has 0 bridgehead atoms. The molecule has 0 saturated carbocycles. The fourth-order valence-corrected chi connectivity index (χ4v) is 1.05. The number of carbonyl (C=O) groups excluding carboxylic acids is 1. The van der Waals surface area contributed by atoms with Crippen molar-refractivity contribution in [2.45, 2.75) is 26.8 Å². The topological polar surface area (TPSA) is 66.4 Å². The summed E-state index contributed by atoms with van der Waals surface area (Å²) in [5.74, 6) is 0.467. The average molecular weight is 237 g/mol. The van der Waals surface area contributed by atoms with E-state index in [0.717, 1.165) is 5.56 Å². The van der Waals surface area contributed by atoms with Crippen molar-refractivity contribution in [3.8, 4) is 0 Å². The van der Waals surface area contributed by atoms with Gasteiger partial charge in [0.15, 0.2) is 0 Å². The third-order valence-electron chi connectivity index (χ3n) is 2.39. The van der Waals surface area contributed by atoms with Gasteiger partial charge in [-0.1, -0.05) is 32.0 Å². The molecule has 0 saturated heterocycles. The number of rotatable bonds is 3. The zero-order valence-electron chi connectivity index (χ0n) is 10.4. The van der Waals surface area contributed by atoms with Crippen molar-refractivity contribution < 1.29 is 14.7 Å². The van der Waals surface area contributed by atoms with Crippen molar-refractivity contribution in [2.75, 3.05) is 0 Å². The monoisotopic (exact) mass is 237 g/mol. The van der Waals surface area contributed by atoms with E-state index in [1.165, 1.54) is 0 Å². The molecule has 0 aliphatic rings. The second-order valence-corrected chi connectivity index (χ2v) is 3.98. The van der Waals surface area contributed by atoms with Crippen LogP contribution >= 0.6 is 0 Å². The van der Waals surface area contributed by atoms with Gasteiger partial charge in [0, 0.05) is 11.6 Å². The Bertz CT molecular complexity index is 336. The second kappa shape index (κ2) is 8.33. The first-order valence-corrected chi connectivity index (χ1v) is 5.46. The van der Waals surface area contributed by atoms with Crippen LogP contribution in [0.1, 0.15) is 31.1 Å². The Morgan fingerprint density at radius 1 is 1.24 bits per heavy atom. The predicted molar refractivity (Wildman–Crippen MR) is 66.9 cm³/mol.